The third-order valence-electron chi connectivity index (χ3n) is 11.6. The van der Waals surface area contributed by atoms with Gasteiger partial charge < -0.3 is 14.2 Å². The molecule has 0 fully saturated rings. The van der Waals surface area contributed by atoms with Crippen molar-refractivity contribution >= 4 is 17.9 Å². The van der Waals surface area contributed by atoms with Gasteiger partial charge in [0.1, 0.15) is 13.2 Å². The van der Waals surface area contributed by atoms with Crippen LogP contribution in [0.4, 0.5) is 0 Å². The molecular formula is C61H102O6. The second-order valence-electron chi connectivity index (χ2n) is 18.1. The molecular weight excluding hydrogens is 829 g/mol. The van der Waals surface area contributed by atoms with Crippen molar-refractivity contribution in [2.75, 3.05) is 13.2 Å². The minimum absolute atomic E-state index is 0.115. The summed E-state index contributed by atoms with van der Waals surface area (Å²) in [6.07, 6.45) is 72.7. The van der Waals surface area contributed by atoms with Crippen LogP contribution >= 0.6 is 0 Å². The maximum Gasteiger partial charge on any atom is 0.309 e. The van der Waals surface area contributed by atoms with Gasteiger partial charge in [-0.05, 0) is 103 Å². The van der Waals surface area contributed by atoms with E-state index in [1.807, 2.05) is 6.08 Å². The number of carbonyl (C=O) groups excluding carboxylic acids is 3. The standard InChI is InChI=1S/C61H102O6/c1-4-7-10-13-16-19-22-25-28-30-31-34-36-39-42-45-48-51-54-60(63)66-57-58(56-65-59(62)53-50-47-44-41-38-35-32-27-24-21-18-15-12-9-6-3)67-61(64)55-52-49-46-43-40-37-33-29-26-23-20-17-14-11-8-5-2/h9,12,18-19,21-22,27-30,32-33,38,41,47,50,58H,4-8,10-11,13-17,20,23-26,31,34-37,39-40,42-46,48-49,51-57H2,1-3H3/b12-9-,21-18-,22-19-,30-28-,32-27-,33-29-,41-38-,50-47-. The van der Waals surface area contributed by atoms with Crippen LogP contribution in [-0.2, 0) is 28.6 Å². The van der Waals surface area contributed by atoms with Gasteiger partial charge >= 0.3 is 17.9 Å². The fraction of sp³-hybridized carbons (Fsp3) is 0.689. The van der Waals surface area contributed by atoms with Crippen LogP contribution in [0, 0.1) is 0 Å². The zero-order valence-electron chi connectivity index (χ0n) is 43.6. The Hall–Kier alpha value is -3.67. The molecule has 0 spiro atoms. The Labute approximate surface area is 413 Å². The average Bonchev–Trinajstić information content (AvgIpc) is 3.33. The zero-order chi connectivity index (χ0) is 48.6. The fourth-order valence-corrected chi connectivity index (χ4v) is 7.42. The zero-order valence-corrected chi connectivity index (χ0v) is 43.6. The lowest BCUT2D eigenvalue weighted by Gasteiger charge is -2.18. The Morgan fingerprint density at radius 3 is 1.07 bits per heavy atom. The van der Waals surface area contributed by atoms with Gasteiger partial charge in [0.2, 0.25) is 0 Å². The number of carbonyl (C=O) groups is 3. The second-order valence-corrected chi connectivity index (χ2v) is 18.1. The summed E-state index contributed by atoms with van der Waals surface area (Å²) in [5, 5.41) is 0. The number of esters is 3. The van der Waals surface area contributed by atoms with Crippen molar-refractivity contribution in [2.45, 2.75) is 258 Å². The van der Waals surface area contributed by atoms with E-state index in [1.54, 1.807) is 6.08 Å². The summed E-state index contributed by atoms with van der Waals surface area (Å²) in [5.74, 6) is -1.06. The van der Waals surface area contributed by atoms with Crippen LogP contribution in [-0.4, -0.2) is 37.2 Å². The highest BCUT2D eigenvalue weighted by molar-refractivity contribution is 5.72. The predicted octanol–water partition coefficient (Wildman–Crippen LogP) is 18.5. The van der Waals surface area contributed by atoms with Gasteiger partial charge in [0.15, 0.2) is 6.10 Å². The minimum Gasteiger partial charge on any atom is -0.462 e. The molecule has 0 radical (unpaired) electrons. The van der Waals surface area contributed by atoms with Crippen molar-refractivity contribution in [3.63, 3.8) is 0 Å². The molecule has 0 aromatic rings. The predicted molar refractivity (Wildman–Crippen MR) is 288 cm³/mol. The molecule has 0 heterocycles. The molecule has 1 unspecified atom stereocenters. The third kappa shape index (κ3) is 53.2. The van der Waals surface area contributed by atoms with E-state index < -0.39 is 12.1 Å². The van der Waals surface area contributed by atoms with E-state index in [-0.39, 0.29) is 31.6 Å². The van der Waals surface area contributed by atoms with Gasteiger partial charge in [-0.1, -0.05) is 227 Å². The molecule has 0 bridgehead atoms. The summed E-state index contributed by atoms with van der Waals surface area (Å²) in [7, 11) is 0. The van der Waals surface area contributed by atoms with E-state index in [0.717, 1.165) is 96.3 Å². The summed E-state index contributed by atoms with van der Waals surface area (Å²) in [4.78, 5) is 38.0. The SMILES string of the molecule is CC/C=C\C/C=C\C/C=C\C/C=C\C/C=C\CC(=O)OCC(COC(=O)CCCCCCCCC/C=C\C/C=C\CCCCCC)OC(=O)CCCCCCC/C=C\CCCCCCCCC. The second kappa shape index (κ2) is 54.9. The largest absolute Gasteiger partial charge is 0.462 e. The highest BCUT2D eigenvalue weighted by atomic mass is 16.6. The molecule has 6 nitrogen and oxygen atoms in total. The lowest BCUT2D eigenvalue weighted by Crippen LogP contribution is -2.30. The minimum atomic E-state index is -0.826. The summed E-state index contributed by atoms with van der Waals surface area (Å²) >= 11 is 0. The van der Waals surface area contributed by atoms with Crippen LogP contribution in [0.3, 0.4) is 0 Å². The van der Waals surface area contributed by atoms with Gasteiger partial charge in [-0.2, -0.15) is 0 Å². The van der Waals surface area contributed by atoms with Crippen LogP contribution in [0.15, 0.2) is 97.2 Å². The van der Waals surface area contributed by atoms with Crippen molar-refractivity contribution in [1.29, 1.82) is 0 Å². The van der Waals surface area contributed by atoms with Gasteiger partial charge in [-0.3, -0.25) is 14.4 Å². The molecule has 0 saturated heterocycles. The maximum absolute atomic E-state index is 12.8. The van der Waals surface area contributed by atoms with Gasteiger partial charge in [-0.15, -0.1) is 0 Å². The maximum atomic E-state index is 12.8. The topological polar surface area (TPSA) is 78.9 Å². The van der Waals surface area contributed by atoms with Crippen molar-refractivity contribution < 1.29 is 28.6 Å². The van der Waals surface area contributed by atoms with Crippen LogP contribution in [0.1, 0.15) is 252 Å². The molecule has 0 aromatic heterocycles. The molecule has 0 amide bonds. The van der Waals surface area contributed by atoms with E-state index >= 15 is 0 Å². The number of ether oxygens (including phenoxy) is 3. The van der Waals surface area contributed by atoms with Gasteiger partial charge in [-0.25, -0.2) is 0 Å². The first kappa shape index (κ1) is 63.3. The van der Waals surface area contributed by atoms with Crippen molar-refractivity contribution in [2.24, 2.45) is 0 Å². The fourth-order valence-electron chi connectivity index (χ4n) is 7.42. The first-order valence-corrected chi connectivity index (χ1v) is 27.7. The van der Waals surface area contributed by atoms with Crippen molar-refractivity contribution in [3.05, 3.63) is 97.2 Å². The summed E-state index contributed by atoms with van der Waals surface area (Å²) < 4.78 is 16.7. The third-order valence-corrected chi connectivity index (χ3v) is 11.6. The molecule has 1 atom stereocenters. The highest BCUT2D eigenvalue weighted by Gasteiger charge is 2.19. The molecule has 0 aliphatic heterocycles. The molecule has 382 valence electrons. The highest BCUT2D eigenvalue weighted by Crippen LogP contribution is 2.14. The lowest BCUT2D eigenvalue weighted by molar-refractivity contribution is -0.166. The molecule has 0 rings (SSSR count). The van der Waals surface area contributed by atoms with E-state index in [4.69, 9.17) is 14.2 Å². The quantitative estimate of drug-likeness (QED) is 0.0262. The van der Waals surface area contributed by atoms with Crippen LogP contribution in [0.25, 0.3) is 0 Å². The van der Waals surface area contributed by atoms with Crippen LogP contribution in [0.2, 0.25) is 0 Å². The molecule has 0 aromatic carbocycles. The number of rotatable bonds is 49. The van der Waals surface area contributed by atoms with Gasteiger partial charge in [0.25, 0.3) is 0 Å². The van der Waals surface area contributed by atoms with Gasteiger partial charge in [0.05, 0.1) is 6.42 Å². The van der Waals surface area contributed by atoms with E-state index in [9.17, 15) is 14.4 Å². The molecule has 0 saturated carbocycles. The average molecular weight is 931 g/mol. The molecule has 0 aliphatic carbocycles. The Morgan fingerprint density at radius 1 is 0.328 bits per heavy atom. The van der Waals surface area contributed by atoms with Gasteiger partial charge in [0, 0.05) is 12.8 Å². The van der Waals surface area contributed by atoms with E-state index in [1.165, 1.54) is 116 Å². The normalized spacial score (nSPS) is 12.8. The number of allylic oxidation sites excluding steroid dienone is 15. The summed E-state index contributed by atoms with van der Waals surface area (Å²) in [6, 6.07) is 0. The van der Waals surface area contributed by atoms with Crippen molar-refractivity contribution in [3.8, 4) is 0 Å². The van der Waals surface area contributed by atoms with Crippen LogP contribution in [0.5, 0.6) is 0 Å². The Morgan fingerprint density at radius 2 is 0.642 bits per heavy atom. The van der Waals surface area contributed by atoms with E-state index in [2.05, 4.69) is 106 Å². The molecule has 6 heteroatoms. The number of unbranched alkanes of at least 4 members (excludes halogenated alkanes) is 23. The lowest BCUT2D eigenvalue weighted by atomic mass is 10.1. The monoisotopic (exact) mass is 931 g/mol. The van der Waals surface area contributed by atoms with E-state index in [0.29, 0.717) is 12.8 Å². The van der Waals surface area contributed by atoms with Crippen molar-refractivity contribution in [1.82, 2.24) is 0 Å². The Kier molecular flexibility index (Phi) is 51.9. The number of hydrogen-bond donors (Lipinski definition) is 0. The molecule has 0 N–H and O–H groups in total. The summed E-state index contributed by atoms with van der Waals surface area (Å²) in [6.45, 7) is 6.41. The number of hydrogen-bond acceptors (Lipinski definition) is 6. The Bertz CT molecular complexity index is 1350. The van der Waals surface area contributed by atoms with Crippen LogP contribution < -0.4 is 0 Å². The first-order chi connectivity index (χ1) is 33.0. The Balaban J connectivity index is 4.51. The molecule has 67 heavy (non-hydrogen) atoms. The smallest absolute Gasteiger partial charge is 0.309 e. The molecule has 0 aliphatic rings. The summed E-state index contributed by atoms with van der Waals surface area (Å²) in [5.41, 5.74) is 0. The first-order valence-electron chi connectivity index (χ1n) is 27.7.